The van der Waals surface area contributed by atoms with E-state index in [0.29, 0.717) is 12.4 Å². The second-order valence-corrected chi connectivity index (χ2v) is 4.88. The highest BCUT2D eigenvalue weighted by molar-refractivity contribution is 6.07. The summed E-state index contributed by atoms with van der Waals surface area (Å²) in [5, 5.41) is 2.78. The summed E-state index contributed by atoms with van der Waals surface area (Å²) in [5.74, 6) is 0.626. The molecule has 2 atom stereocenters. The molecule has 15 heavy (non-hydrogen) atoms. The Morgan fingerprint density at radius 3 is 2.47 bits per heavy atom. The molecule has 1 N–H and O–H groups in total. The van der Waals surface area contributed by atoms with Crippen molar-refractivity contribution in [1.82, 2.24) is 5.32 Å². The largest absolute Gasteiger partial charge is 0.370 e. The molecule has 0 fully saturated rings. The van der Waals surface area contributed by atoms with Crippen molar-refractivity contribution in [3.63, 3.8) is 0 Å². The first-order valence-electron chi connectivity index (χ1n) is 5.36. The molecule has 86 valence electrons. The van der Waals surface area contributed by atoms with Crippen molar-refractivity contribution >= 4 is 11.7 Å². The van der Waals surface area contributed by atoms with E-state index in [1.807, 2.05) is 6.92 Å². The second-order valence-electron chi connectivity index (χ2n) is 4.88. The molecule has 2 unspecified atom stereocenters. The fourth-order valence-electron chi connectivity index (χ4n) is 1.57. The Balaban J connectivity index is 2.83. The van der Waals surface area contributed by atoms with Crippen LogP contribution in [0.3, 0.4) is 0 Å². The fourth-order valence-corrected chi connectivity index (χ4v) is 1.57. The number of nitrogens with zero attached hydrogens (tertiary/aromatic N) is 1. The predicted molar refractivity (Wildman–Crippen MR) is 59.9 cm³/mol. The highest BCUT2D eigenvalue weighted by Crippen LogP contribution is 2.24. The van der Waals surface area contributed by atoms with E-state index in [-0.39, 0.29) is 23.5 Å². The van der Waals surface area contributed by atoms with Crippen LogP contribution >= 0.6 is 0 Å². The van der Waals surface area contributed by atoms with Crippen molar-refractivity contribution in [2.75, 3.05) is 6.61 Å². The molecule has 1 amide bonds. The Hall–Kier alpha value is -0.900. The van der Waals surface area contributed by atoms with E-state index in [1.54, 1.807) is 6.92 Å². The van der Waals surface area contributed by atoms with Crippen LogP contribution in [0.5, 0.6) is 0 Å². The zero-order valence-electron chi connectivity index (χ0n) is 10.1. The predicted octanol–water partition coefficient (Wildman–Crippen LogP) is 1.35. The summed E-state index contributed by atoms with van der Waals surface area (Å²) in [6, 6.07) is -0.287. The molecule has 0 spiro atoms. The summed E-state index contributed by atoms with van der Waals surface area (Å²) in [5.41, 5.74) is -0.0633. The van der Waals surface area contributed by atoms with Gasteiger partial charge in [0.2, 0.25) is 5.91 Å². The Labute approximate surface area is 91.1 Å². The monoisotopic (exact) mass is 212 g/mol. The highest BCUT2D eigenvalue weighted by atomic mass is 16.5. The third-order valence-corrected chi connectivity index (χ3v) is 2.33. The van der Waals surface area contributed by atoms with Gasteiger partial charge in [0, 0.05) is 6.61 Å². The van der Waals surface area contributed by atoms with Crippen LogP contribution in [0.25, 0.3) is 0 Å². The lowest BCUT2D eigenvalue weighted by Crippen LogP contribution is -2.44. The standard InChI is InChI=1S/C11H20N2O2/c1-6-15-8(11(3,4)5)9-12-7(2)10(14)13-9/h7-8H,6H2,1-5H3,(H,12,13,14). The molecule has 0 bridgehead atoms. The number of hydrogen-bond donors (Lipinski definition) is 1. The van der Waals surface area contributed by atoms with Crippen molar-refractivity contribution in [2.45, 2.75) is 46.8 Å². The fraction of sp³-hybridized carbons (Fsp3) is 0.818. The summed E-state index contributed by atoms with van der Waals surface area (Å²) >= 11 is 0. The Morgan fingerprint density at radius 2 is 2.13 bits per heavy atom. The number of carbonyl (C=O) groups is 1. The van der Waals surface area contributed by atoms with Crippen molar-refractivity contribution in [2.24, 2.45) is 10.4 Å². The molecule has 4 nitrogen and oxygen atoms in total. The van der Waals surface area contributed by atoms with Crippen LogP contribution in [0, 0.1) is 5.41 Å². The highest BCUT2D eigenvalue weighted by Gasteiger charge is 2.35. The molecule has 1 aliphatic rings. The van der Waals surface area contributed by atoms with Crippen LogP contribution in [0.1, 0.15) is 34.6 Å². The number of nitrogens with one attached hydrogen (secondary N) is 1. The van der Waals surface area contributed by atoms with Crippen LogP contribution in [0.15, 0.2) is 4.99 Å². The normalized spacial score (nSPS) is 23.7. The van der Waals surface area contributed by atoms with E-state index in [0.717, 1.165) is 0 Å². The van der Waals surface area contributed by atoms with Crippen LogP contribution in [-0.4, -0.2) is 30.5 Å². The molecule has 4 heteroatoms. The van der Waals surface area contributed by atoms with E-state index < -0.39 is 0 Å². The van der Waals surface area contributed by atoms with Gasteiger partial charge >= 0.3 is 0 Å². The molecule has 1 aliphatic heterocycles. The lowest BCUT2D eigenvalue weighted by molar-refractivity contribution is -0.119. The van der Waals surface area contributed by atoms with Crippen molar-refractivity contribution in [1.29, 1.82) is 0 Å². The number of aliphatic imine (C=N–C) groups is 1. The zero-order chi connectivity index (χ0) is 11.6. The number of rotatable bonds is 3. The number of ether oxygens (including phenoxy) is 1. The van der Waals surface area contributed by atoms with Gasteiger partial charge in [0.05, 0.1) is 0 Å². The van der Waals surface area contributed by atoms with Gasteiger partial charge in [-0.2, -0.15) is 0 Å². The first kappa shape index (κ1) is 12.2. The smallest absolute Gasteiger partial charge is 0.249 e. The zero-order valence-corrected chi connectivity index (χ0v) is 10.1. The van der Waals surface area contributed by atoms with Gasteiger partial charge in [0.15, 0.2) is 0 Å². The van der Waals surface area contributed by atoms with Gasteiger partial charge in [0.1, 0.15) is 18.0 Å². The number of hydrogen-bond acceptors (Lipinski definition) is 3. The van der Waals surface area contributed by atoms with Gasteiger partial charge in [-0.1, -0.05) is 20.8 Å². The van der Waals surface area contributed by atoms with E-state index in [4.69, 9.17) is 4.74 Å². The van der Waals surface area contributed by atoms with Gasteiger partial charge in [-0.3, -0.25) is 9.79 Å². The van der Waals surface area contributed by atoms with Gasteiger partial charge < -0.3 is 10.1 Å². The first-order chi connectivity index (χ1) is 6.86. The van der Waals surface area contributed by atoms with Gasteiger partial charge in [-0.05, 0) is 19.3 Å². The topological polar surface area (TPSA) is 50.7 Å². The van der Waals surface area contributed by atoms with E-state index in [1.165, 1.54) is 0 Å². The summed E-state index contributed by atoms with van der Waals surface area (Å²) in [6.45, 7) is 10.6. The average molecular weight is 212 g/mol. The molecule has 0 saturated heterocycles. The maximum atomic E-state index is 11.3. The van der Waals surface area contributed by atoms with Crippen LogP contribution < -0.4 is 5.32 Å². The van der Waals surface area contributed by atoms with Crippen LogP contribution in [0.4, 0.5) is 0 Å². The van der Waals surface area contributed by atoms with Crippen molar-refractivity contribution < 1.29 is 9.53 Å². The molecule has 0 aromatic carbocycles. The van der Waals surface area contributed by atoms with E-state index in [2.05, 4.69) is 31.1 Å². The lowest BCUT2D eigenvalue weighted by Gasteiger charge is -2.30. The number of carbonyl (C=O) groups excluding carboxylic acids is 1. The van der Waals surface area contributed by atoms with Crippen molar-refractivity contribution in [3.8, 4) is 0 Å². The molecule has 1 rings (SSSR count). The number of amidine groups is 1. The third kappa shape index (κ3) is 2.78. The molecule has 0 aromatic rings. The summed E-state index contributed by atoms with van der Waals surface area (Å²) in [7, 11) is 0. The molecule has 0 radical (unpaired) electrons. The SMILES string of the molecule is CCOC(C1=NC(C)C(=O)N1)C(C)(C)C. The van der Waals surface area contributed by atoms with Crippen LogP contribution in [0.2, 0.25) is 0 Å². The quantitative estimate of drug-likeness (QED) is 0.767. The molecule has 1 heterocycles. The summed E-state index contributed by atoms with van der Waals surface area (Å²) < 4.78 is 5.64. The van der Waals surface area contributed by atoms with Gasteiger partial charge in [-0.15, -0.1) is 0 Å². The Kier molecular flexibility index (Phi) is 3.50. The lowest BCUT2D eigenvalue weighted by atomic mass is 9.88. The molecular formula is C11H20N2O2. The average Bonchev–Trinajstić information content (AvgIpc) is 2.40. The maximum Gasteiger partial charge on any atom is 0.249 e. The first-order valence-corrected chi connectivity index (χ1v) is 5.36. The second kappa shape index (κ2) is 4.31. The minimum atomic E-state index is -0.287. The minimum absolute atomic E-state index is 0.0426. The molecular weight excluding hydrogens is 192 g/mol. The molecule has 0 aliphatic carbocycles. The maximum absolute atomic E-state index is 11.3. The Morgan fingerprint density at radius 1 is 1.53 bits per heavy atom. The summed E-state index contributed by atoms with van der Waals surface area (Å²) in [4.78, 5) is 15.6. The summed E-state index contributed by atoms with van der Waals surface area (Å²) in [6.07, 6.45) is -0.142. The van der Waals surface area contributed by atoms with Crippen LogP contribution in [-0.2, 0) is 9.53 Å². The van der Waals surface area contributed by atoms with Crippen molar-refractivity contribution in [3.05, 3.63) is 0 Å². The van der Waals surface area contributed by atoms with Gasteiger partial charge in [0.25, 0.3) is 0 Å². The minimum Gasteiger partial charge on any atom is -0.370 e. The Bertz CT molecular complexity index is 279. The van der Waals surface area contributed by atoms with Gasteiger partial charge in [-0.25, -0.2) is 0 Å². The third-order valence-electron chi connectivity index (χ3n) is 2.33. The molecule has 0 saturated carbocycles. The number of amides is 1. The molecule has 0 aromatic heterocycles. The van der Waals surface area contributed by atoms with E-state index in [9.17, 15) is 4.79 Å². The van der Waals surface area contributed by atoms with E-state index >= 15 is 0 Å².